The van der Waals surface area contributed by atoms with Gasteiger partial charge in [0.1, 0.15) is 5.82 Å². The number of halogens is 4. The lowest BCUT2D eigenvalue weighted by Crippen LogP contribution is -2.40. The molecule has 3 heterocycles. The summed E-state index contributed by atoms with van der Waals surface area (Å²) in [6.45, 7) is 6.19. The molecule has 1 aliphatic carbocycles. The molecule has 0 spiro atoms. The number of hydrogen-bond donors (Lipinski definition) is 1. The molecule has 0 bridgehead atoms. The van der Waals surface area contributed by atoms with Gasteiger partial charge in [-0.1, -0.05) is 13.0 Å². The van der Waals surface area contributed by atoms with E-state index in [0.29, 0.717) is 35.9 Å². The molecule has 3 fully saturated rings. The van der Waals surface area contributed by atoms with E-state index in [1.54, 1.807) is 30.9 Å². The molecular formula is C25H29F4N5O. The maximum absolute atomic E-state index is 14.3. The minimum absolute atomic E-state index is 0.131. The summed E-state index contributed by atoms with van der Waals surface area (Å²) in [5, 5.41) is 2.80. The fourth-order valence-corrected chi connectivity index (χ4v) is 5.30. The minimum Gasteiger partial charge on any atom is -0.370 e. The molecule has 2 aliphatic heterocycles. The van der Waals surface area contributed by atoms with Crippen molar-refractivity contribution in [2.45, 2.75) is 51.9 Å². The van der Waals surface area contributed by atoms with Crippen LogP contribution in [0.15, 0.2) is 24.3 Å². The largest absolute Gasteiger partial charge is 0.370 e. The van der Waals surface area contributed by atoms with Crippen LogP contribution < -0.4 is 15.1 Å². The van der Waals surface area contributed by atoms with Crippen LogP contribution in [0.1, 0.15) is 47.8 Å². The van der Waals surface area contributed by atoms with E-state index >= 15 is 0 Å². The highest BCUT2D eigenvalue weighted by atomic mass is 19.3. The van der Waals surface area contributed by atoms with Crippen LogP contribution in [0.2, 0.25) is 0 Å². The van der Waals surface area contributed by atoms with Crippen molar-refractivity contribution in [2.75, 3.05) is 41.3 Å². The second kappa shape index (κ2) is 8.06. The third kappa shape index (κ3) is 4.21. The Balaban J connectivity index is 1.36. The fourth-order valence-electron chi connectivity index (χ4n) is 5.30. The molecule has 2 aromatic rings. The van der Waals surface area contributed by atoms with Crippen LogP contribution in [-0.2, 0) is 0 Å². The van der Waals surface area contributed by atoms with E-state index in [1.165, 1.54) is 0 Å². The van der Waals surface area contributed by atoms with E-state index in [9.17, 15) is 22.4 Å². The summed E-state index contributed by atoms with van der Waals surface area (Å²) in [5.74, 6) is -5.93. The first kappa shape index (κ1) is 23.8. The van der Waals surface area contributed by atoms with Crippen LogP contribution in [0, 0.1) is 25.2 Å². The van der Waals surface area contributed by atoms with E-state index in [0.717, 1.165) is 5.56 Å². The van der Waals surface area contributed by atoms with Crippen molar-refractivity contribution >= 4 is 23.4 Å². The lowest BCUT2D eigenvalue weighted by Gasteiger charge is -2.32. The van der Waals surface area contributed by atoms with Gasteiger partial charge >= 0.3 is 0 Å². The monoisotopic (exact) mass is 491 g/mol. The summed E-state index contributed by atoms with van der Waals surface area (Å²) in [4.78, 5) is 25.6. The summed E-state index contributed by atoms with van der Waals surface area (Å²) in [5.41, 5.74) is 1.56. The van der Waals surface area contributed by atoms with E-state index in [4.69, 9.17) is 0 Å². The van der Waals surface area contributed by atoms with Crippen LogP contribution in [0.4, 0.5) is 35.0 Å². The Bertz CT molecular complexity index is 1160. The number of alkyl halides is 4. The summed E-state index contributed by atoms with van der Waals surface area (Å²) in [6, 6.07) is 6.97. The summed E-state index contributed by atoms with van der Waals surface area (Å²) < 4.78 is 55.7. The molecule has 2 saturated heterocycles. The topological polar surface area (TPSA) is 61.4 Å². The average molecular weight is 492 g/mol. The van der Waals surface area contributed by atoms with Crippen LogP contribution in [-0.4, -0.2) is 53.9 Å². The zero-order chi connectivity index (χ0) is 25.2. The average Bonchev–Trinajstić information content (AvgIpc) is 3.24. The first-order chi connectivity index (χ1) is 16.4. The number of fused-ring (bicyclic) bond motifs is 1. The number of nitrogens with zero attached hydrogens (tertiary/aromatic N) is 4. The Hall–Kier alpha value is -2.91. The van der Waals surface area contributed by atoms with E-state index in [1.807, 2.05) is 24.0 Å². The molecule has 188 valence electrons. The zero-order valence-electron chi connectivity index (χ0n) is 20.0. The number of carbonyl (C=O) groups is 1. The number of anilines is 3. The molecular weight excluding hydrogens is 462 g/mol. The van der Waals surface area contributed by atoms with Gasteiger partial charge in [-0.3, -0.25) is 4.79 Å². The highest BCUT2D eigenvalue weighted by Crippen LogP contribution is 2.69. The number of nitrogens with one attached hydrogen (secondary N) is 1. The van der Waals surface area contributed by atoms with Crippen LogP contribution in [0.3, 0.4) is 0 Å². The Morgan fingerprint density at radius 2 is 1.69 bits per heavy atom. The van der Waals surface area contributed by atoms with Crippen molar-refractivity contribution in [3.63, 3.8) is 0 Å². The van der Waals surface area contributed by atoms with E-state index in [2.05, 4.69) is 15.3 Å². The van der Waals surface area contributed by atoms with Gasteiger partial charge in [-0.2, -0.15) is 4.98 Å². The molecule has 1 amide bonds. The zero-order valence-corrected chi connectivity index (χ0v) is 20.0. The highest BCUT2D eigenvalue weighted by Gasteiger charge is 2.78. The lowest BCUT2D eigenvalue weighted by atomic mass is 9.96. The van der Waals surface area contributed by atoms with Crippen molar-refractivity contribution in [2.24, 2.45) is 11.3 Å². The van der Waals surface area contributed by atoms with Crippen molar-refractivity contribution in [3.8, 4) is 0 Å². The SMILES string of the molecule is Cc1ccc(C(=O)Nc2cc(C)nc(N3CCC(F)(F)CC3)n2)c(N2CCC3(C)C(C2)C3(F)F)c1. The van der Waals surface area contributed by atoms with E-state index in [-0.39, 0.29) is 38.3 Å². The number of rotatable bonds is 4. The molecule has 35 heavy (non-hydrogen) atoms. The Labute approximate surface area is 201 Å². The molecule has 3 aliphatic rings. The van der Waals surface area contributed by atoms with Gasteiger partial charge in [0.2, 0.25) is 5.95 Å². The van der Waals surface area contributed by atoms with Crippen LogP contribution >= 0.6 is 0 Å². The van der Waals surface area contributed by atoms with Crippen molar-refractivity contribution in [1.29, 1.82) is 0 Å². The molecule has 6 nitrogen and oxygen atoms in total. The predicted octanol–water partition coefficient (Wildman–Crippen LogP) is 5.06. The third-order valence-corrected chi connectivity index (χ3v) is 7.79. The number of aromatic nitrogens is 2. The number of piperidine rings is 2. The van der Waals surface area contributed by atoms with Crippen LogP contribution in [0.5, 0.6) is 0 Å². The molecule has 1 aromatic carbocycles. The number of carbonyl (C=O) groups excluding carboxylic acids is 1. The van der Waals surface area contributed by atoms with Gasteiger partial charge in [0.15, 0.2) is 0 Å². The number of amides is 1. The fraction of sp³-hybridized carbons (Fsp3) is 0.560. The highest BCUT2D eigenvalue weighted by molar-refractivity contribution is 6.08. The summed E-state index contributed by atoms with van der Waals surface area (Å²) >= 11 is 0. The number of aryl methyl sites for hydroxylation is 2. The molecule has 1 N–H and O–H groups in total. The van der Waals surface area contributed by atoms with Crippen molar-refractivity contribution < 1.29 is 22.4 Å². The first-order valence-electron chi connectivity index (χ1n) is 11.9. The van der Waals surface area contributed by atoms with Gasteiger partial charge in [-0.15, -0.1) is 0 Å². The second-order valence-corrected chi connectivity index (χ2v) is 10.3. The molecule has 2 unspecified atom stereocenters. The molecule has 5 rings (SSSR count). The van der Waals surface area contributed by atoms with Crippen molar-refractivity contribution in [3.05, 3.63) is 41.1 Å². The lowest BCUT2D eigenvalue weighted by molar-refractivity contribution is -0.0222. The van der Waals surface area contributed by atoms with Gasteiger partial charge in [0, 0.05) is 61.9 Å². The molecule has 2 atom stereocenters. The first-order valence-corrected chi connectivity index (χ1v) is 11.9. The smallest absolute Gasteiger partial charge is 0.259 e. The molecule has 1 saturated carbocycles. The maximum atomic E-state index is 14.3. The van der Waals surface area contributed by atoms with E-state index < -0.39 is 29.1 Å². The van der Waals surface area contributed by atoms with Gasteiger partial charge < -0.3 is 15.1 Å². The summed E-state index contributed by atoms with van der Waals surface area (Å²) in [6.07, 6.45) is -0.176. The predicted molar refractivity (Wildman–Crippen MR) is 126 cm³/mol. The normalized spacial score (nSPS) is 26.8. The van der Waals surface area contributed by atoms with Gasteiger partial charge in [-0.25, -0.2) is 22.5 Å². The Kier molecular flexibility index (Phi) is 5.49. The number of hydrogen-bond acceptors (Lipinski definition) is 5. The third-order valence-electron chi connectivity index (χ3n) is 7.79. The van der Waals surface area contributed by atoms with Crippen LogP contribution in [0.25, 0.3) is 0 Å². The molecule has 0 radical (unpaired) electrons. The maximum Gasteiger partial charge on any atom is 0.259 e. The quantitative estimate of drug-likeness (QED) is 0.606. The summed E-state index contributed by atoms with van der Waals surface area (Å²) in [7, 11) is 0. The van der Waals surface area contributed by atoms with Crippen molar-refractivity contribution in [1.82, 2.24) is 9.97 Å². The minimum atomic E-state index is -2.68. The molecule has 1 aromatic heterocycles. The number of benzene rings is 1. The molecule has 10 heteroatoms. The second-order valence-electron chi connectivity index (χ2n) is 10.3. The van der Waals surface area contributed by atoms with Gasteiger partial charge in [-0.05, 0) is 38.0 Å². The van der Waals surface area contributed by atoms with Gasteiger partial charge in [0.05, 0.1) is 11.5 Å². The standard InChI is InChI=1S/C25H29F4N5O/c1-15-4-5-17(18(12-15)34-9-6-23(3)19(14-34)25(23,28)29)21(35)31-20-13-16(2)30-22(32-20)33-10-7-24(26,27)8-11-33/h4-5,12-13,19H,6-11,14H2,1-3H3,(H,30,31,32,35). The Morgan fingerprint density at radius 3 is 2.37 bits per heavy atom. The Morgan fingerprint density at radius 1 is 1.00 bits per heavy atom. The van der Waals surface area contributed by atoms with Gasteiger partial charge in [0.25, 0.3) is 17.8 Å².